The van der Waals surface area contributed by atoms with Crippen LogP contribution in [0.15, 0.2) is 64.1 Å². The Labute approximate surface area is 193 Å². The van der Waals surface area contributed by atoms with Crippen molar-refractivity contribution in [3.8, 4) is 0 Å². The van der Waals surface area contributed by atoms with Gasteiger partial charge in [0.2, 0.25) is 5.91 Å². The summed E-state index contributed by atoms with van der Waals surface area (Å²) < 4.78 is 31.4. The maximum Gasteiger partial charge on any atom is 0.326 e. The Balaban J connectivity index is 1.94. The van der Waals surface area contributed by atoms with Crippen LogP contribution in [-0.4, -0.2) is 37.2 Å². The van der Waals surface area contributed by atoms with Gasteiger partial charge < -0.3 is 14.8 Å². The molecule has 0 aliphatic rings. The second kappa shape index (κ2) is 10.7. The summed E-state index contributed by atoms with van der Waals surface area (Å²) >= 11 is 0. The van der Waals surface area contributed by atoms with Crippen LogP contribution < -0.4 is 5.32 Å². The second-order valence-corrected chi connectivity index (χ2v) is 10.2. The normalized spacial score (nSPS) is 13.5. The molecule has 0 fully saturated rings. The number of unbranched alkanes of at least 4 members (excludes halogenated alkanes) is 1. The summed E-state index contributed by atoms with van der Waals surface area (Å²) in [6.07, 6.45) is 3.16. The molecule has 176 valence electrons. The molecule has 0 radical (unpaired) electrons. The van der Waals surface area contributed by atoms with Crippen molar-refractivity contribution in [3.63, 3.8) is 0 Å². The molecule has 1 heterocycles. The minimum atomic E-state index is -3.84. The first-order chi connectivity index (χ1) is 15.7. The predicted octanol–water partition coefficient (Wildman–Crippen LogP) is 4.13. The Hall–Kier alpha value is -3.13. The summed E-state index contributed by atoms with van der Waals surface area (Å²) in [7, 11) is -3.84. The van der Waals surface area contributed by atoms with Gasteiger partial charge in [-0.25, -0.2) is 13.2 Å². The van der Waals surface area contributed by atoms with E-state index in [9.17, 15) is 23.1 Å². The van der Waals surface area contributed by atoms with Gasteiger partial charge in [-0.15, -0.1) is 0 Å². The quantitative estimate of drug-likeness (QED) is 0.435. The van der Waals surface area contributed by atoms with E-state index < -0.39 is 39.4 Å². The Bertz CT molecular complexity index is 1230. The molecular formula is C25H29NO6S. The van der Waals surface area contributed by atoms with Crippen LogP contribution in [0, 0.1) is 12.8 Å². The zero-order valence-corrected chi connectivity index (χ0v) is 19.6. The highest BCUT2D eigenvalue weighted by Crippen LogP contribution is 2.25. The first-order valence-electron chi connectivity index (χ1n) is 11.0. The number of aliphatic carboxylic acids is 1. The van der Waals surface area contributed by atoms with E-state index in [0.29, 0.717) is 6.42 Å². The zero-order chi connectivity index (χ0) is 24.0. The lowest BCUT2D eigenvalue weighted by molar-refractivity contribution is -0.142. The minimum absolute atomic E-state index is 0.0407. The third-order valence-corrected chi connectivity index (χ3v) is 7.68. The molecule has 0 aliphatic heterocycles. The van der Waals surface area contributed by atoms with E-state index in [1.807, 2.05) is 49.4 Å². The number of amides is 1. The van der Waals surface area contributed by atoms with Crippen molar-refractivity contribution in [1.82, 2.24) is 5.32 Å². The van der Waals surface area contributed by atoms with Gasteiger partial charge in [-0.1, -0.05) is 62.2 Å². The van der Waals surface area contributed by atoms with E-state index >= 15 is 0 Å². The fourth-order valence-electron chi connectivity index (χ4n) is 3.97. The Morgan fingerprint density at radius 1 is 1.09 bits per heavy atom. The maximum absolute atomic E-state index is 13.2. The van der Waals surface area contributed by atoms with Gasteiger partial charge in [0, 0.05) is 0 Å². The van der Waals surface area contributed by atoms with Crippen LogP contribution in [0.2, 0.25) is 0 Å². The van der Waals surface area contributed by atoms with E-state index in [-0.39, 0.29) is 23.5 Å². The number of hydrogen-bond donors (Lipinski definition) is 2. The zero-order valence-electron chi connectivity index (χ0n) is 18.8. The van der Waals surface area contributed by atoms with Crippen molar-refractivity contribution in [2.75, 3.05) is 5.75 Å². The van der Waals surface area contributed by atoms with Gasteiger partial charge >= 0.3 is 5.97 Å². The lowest BCUT2D eigenvalue weighted by Crippen LogP contribution is -2.45. The van der Waals surface area contributed by atoms with Crippen LogP contribution in [-0.2, 0) is 25.8 Å². The third kappa shape index (κ3) is 6.01. The molecule has 3 aromatic rings. The molecule has 0 aliphatic carbocycles. The third-order valence-electron chi connectivity index (χ3n) is 5.74. The lowest BCUT2D eigenvalue weighted by atomic mass is 9.95. The second-order valence-electron chi connectivity index (χ2n) is 8.20. The molecule has 0 spiro atoms. The van der Waals surface area contributed by atoms with Gasteiger partial charge in [-0.05, 0) is 42.2 Å². The first-order valence-corrected chi connectivity index (χ1v) is 12.6. The Kier molecular flexibility index (Phi) is 7.92. The summed E-state index contributed by atoms with van der Waals surface area (Å²) in [5, 5.41) is 14.0. The van der Waals surface area contributed by atoms with Crippen LogP contribution in [0.25, 0.3) is 10.8 Å². The highest BCUT2D eigenvalue weighted by molar-refractivity contribution is 7.91. The van der Waals surface area contributed by atoms with E-state index in [1.165, 1.54) is 12.3 Å². The molecule has 2 N–H and O–H groups in total. The number of carbonyl (C=O) groups is 2. The van der Waals surface area contributed by atoms with E-state index in [2.05, 4.69) is 5.32 Å². The fraction of sp³-hybridized carbons (Fsp3) is 0.360. The number of hydrogen-bond acceptors (Lipinski definition) is 5. The molecule has 0 saturated carbocycles. The van der Waals surface area contributed by atoms with E-state index in [0.717, 1.165) is 22.8 Å². The standard InChI is InChI=1S/C25H29NO6S/c1-3-4-12-22(25(28)29)26-24(27)20(16-33(30,31)23-13-14-32-17(23)2)15-19-10-7-9-18-8-5-6-11-21(18)19/h5-11,13-14,20,22H,3-4,12,15-16H2,1-2H3,(H,26,27)(H,28,29)/t20?,22-/m0/s1. The monoisotopic (exact) mass is 471 g/mol. The summed E-state index contributed by atoms with van der Waals surface area (Å²) in [6, 6.07) is 13.7. The van der Waals surface area contributed by atoms with E-state index in [4.69, 9.17) is 4.42 Å². The van der Waals surface area contributed by atoms with Crippen molar-refractivity contribution >= 4 is 32.5 Å². The largest absolute Gasteiger partial charge is 0.480 e. The number of nitrogens with one attached hydrogen (secondary N) is 1. The lowest BCUT2D eigenvalue weighted by Gasteiger charge is -2.21. The molecule has 1 aromatic heterocycles. The van der Waals surface area contributed by atoms with Gasteiger partial charge in [0.15, 0.2) is 9.84 Å². The van der Waals surface area contributed by atoms with Crippen molar-refractivity contribution in [1.29, 1.82) is 0 Å². The molecule has 33 heavy (non-hydrogen) atoms. The van der Waals surface area contributed by atoms with Crippen LogP contribution in [0.3, 0.4) is 0 Å². The number of sulfone groups is 1. The van der Waals surface area contributed by atoms with E-state index in [1.54, 1.807) is 6.92 Å². The molecule has 2 atom stereocenters. The topological polar surface area (TPSA) is 114 Å². The number of benzene rings is 2. The number of carbonyl (C=O) groups excluding carboxylic acids is 1. The van der Waals surface area contributed by atoms with Crippen LogP contribution in [0.5, 0.6) is 0 Å². The van der Waals surface area contributed by atoms with Gasteiger partial charge in [-0.3, -0.25) is 4.79 Å². The maximum atomic E-state index is 13.2. The molecule has 1 unspecified atom stereocenters. The van der Waals surface area contributed by atoms with Crippen molar-refractivity contribution in [3.05, 3.63) is 66.1 Å². The summed E-state index contributed by atoms with van der Waals surface area (Å²) in [5.41, 5.74) is 0.827. The van der Waals surface area contributed by atoms with Crippen molar-refractivity contribution in [2.45, 2.75) is 50.5 Å². The average Bonchev–Trinajstić information content (AvgIpc) is 3.23. The average molecular weight is 472 g/mol. The first kappa shape index (κ1) is 24.5. The molecule has 7 nitrogen and oxygen atoms in total. The summed E-state index contributed by atoms with van der Waals surface area (Å²) in [4.78, 5) is 24.9. The number of carboxylic acids is 1. The molecular weight excluding hydrogens is 442 g/mol. The molecule has 0 bridgehead atoms. The van der Waals surface area contributed by atoms with Crippen LogP contribution in [0.1, 0.15) is 37.5 Å². The minimum Gasteiger partial charge on any atom is -0.480 e. The molecule has 0 saturated heterocycles. The summed E-state index contributed by atoms with van der Waals surface area (Å²) in [6.45, 7) is 3.49. The predicted molar refractivity (Wildman–Crippen MR) is 126 cm³/mol. The van der Waals surface area contributed by atoms with Crippen LogP contribution in [0.4, 0.5) is 0 Å². The smallest absolute Gasteiger partial charge is 0.326 e. The Morgan fingerprint density at radius 2 is 1.82 bits per heavy atom. The number of aryl methyl sites for hydroxylation is 1. The van der Waals surface area contributed by atoms with Gasteiger partial charge in [0.25, 0.3) is 0 Å². The Morgan fingerprint density at radius 3 is 2.48 bits per heavy atom. The SMILES string of the molecule is CCCC[C@H](NC(=O)C(Cc1cccc2ccccc12)CS(=O)(=O)c1ccoc1C)C(=O)O. The fourth-order valence-corrected chi connectivity index (χ4v) is 5.70. The molecule has 8 heteroatoms. The molecule has 3 rings (SSSR count). The number of fused-ring (bicyclic) bond motifs is 1. The van der Waals surface area contributed by atoms with Gasteiger partial charge in [0.1, 0.15) is 16.7 Å². The molecule has 1 amide bonds. The molecule has 2 aromatic carbocycles. The highest BCUT2D eigenvalue weighted by atomic mass is 32.2. The number of carboxylic acid groups (broad SMARTS) is 1. The summed E-state index contributed by atoms with van der Waals surface area (Å²) in [5.74, 6) is -2.89. The van der Waals surface area contributed by atoms with Crippen molar-refractivity contribution in [2.24, 2.45) is 5.92 Å². The van der Waals surface area contributed by atoms with Crippen molar-refractivity contribution < 1.29 is 27.5 Å². The number of furan rings is 1. The van der Waals surface area contributed by atoms with Crippen LogP contribution >= 0.6 is 0 Å². The van der Waals surface area contributed by atoms with Gasteiger partial charge in [-0.2, -0.15) is 0 Å². The van der Waals surface area contributed by atoms with Gasteiger partial charge in [0.05, 0.1) is 17.9 Å². The number of rotatable bonds is 11. The highest BCUT2D eigenvalue weighted by Gasteiger charge is 2.31.